The molecule has 36 heavy (non-hydrogen) atoms. The molecule has 1 unspecified atom stereocenters. The van der Waals surface area contributed by atoms with Gasteiger partial charge in [-0.15, -0.1) is 11.3 Å². The van der Waals surface area contributed by atoms with Crippen molar-refractivity contribution in [3.05, 3.63) is 95.8 Å². The van der Waals surface area contributed by atoms with Gasteiger partial charge in [-0.3, -0.25) is 9.36 Å². The van der Waals surface area contributed by atoms with E-state index in [0.29, 0.717) is 12.5 Å². The molecule has 0 fully saturated rings. The van der Waals surface area contributed by atoms with Crippen molar-refractivity contribution in [1.29, 1.82) is 0 Å². The van der Waals surface area contributed by atoms with E-state index in [4.69, 9.17) is 0 Å². The number of aromatic nitrogens is 2. The Morgan fingerprint density at radius 2 is 1.81 bits per heavy atom. The molecular weight excluding hydrogens is 526 g/mol. The van der Waals surface area contributed by atoms with Gasteiger partial charge in [0.15, 0.2) is 12.2 Å². The highest BCUT2D eigenvalue weighted by Crippen LogP contribution is 2.46. The number of anilines is 1. The molecule has 0 N–H and O–H groups in total. The number of hydrogen-bond acceptors (Lipinski definition) is 5. The largest absolute Gasteiger partial charge is 1.00 e. The van der Waals surface area contributed by atoms with Gasteiger partial charge in [-0.25, -0.2) is 0 Å². The van der Waals surface area contributed by atoms with E-state index in [1.165, 1.54) is 21.7 Å². The summed E-state index contributed by atoms with van der Waals surface area (Å²) < 4.78 is 5.99. The van der Waals surface area contributed by atoms with Crippen LogP contribution in [0.1, 0.15) is 55.8 Å². The SMILES string of the molecule is CCn1c(=O)/c(=C2\Sc3cc(C(C)C)ccc3N2C)s/c1=C\c1scc[n+]1C(C)c1ccccc1.[Cl-]. The van der Waals surface area contributed by atoms with Gasteiger partial charge in [0.05, 0.1) is 17.1 Å². The number of halogens is 1. The molecule has 4 aromatic rings. The van der Waals surface area contributed by atoms with Crippen LogP contribution >= 0.6 is 34.4 Å². The second-order valence-corrected chi connectivity index (χ2v) is 12.0. The van der Waals surface area contributed by atoms with Gasteiger partial charge in [0.25, 0.3) is 10.6 Å². The standard InChI is InChI=1S/C28H30N3OS3.ClH/c1-6-30-25(17-24-31(14-15-33-24)19(4)20-10-8-7-9-11-20)35-26(27(30)32)28-29(5)22-13-12-21(18(2)3)16-23(22)34-28;/h7-19H,6H2,1-5H3;1H/q+1;/p-1/b28-26+;. The van der Waals surface area contributed by atoms with Crippen molar-refractivity contribution in [3.63, 3.8) is 0 Å². The highest BCUT2D eigenvalue weighted by atomic mass is 35.5. The minimum absolute atomic E-state index is 0. The molecule has 0 saturated heterocycles. The molecule has 3 heterocycles. The van der Waals surface area contributed by atoms with Gasteiger partial charge >= 0.3 is 0 Å². The van der Waals surface area contributed by atoms with Crippen LogP contribution in [-0.4, -0.2) is 11.6 Å². The third-order valence-corrected chi connectivity index (χ3v) is 9.85. The predicted octanol–water partition coefficient (Wildman–Crippen LogP) is 2.15. The van der Waals surface area contributed by atoms with Gasteiger partial charge in [0.1, 0.15) is 14.2 Å². The minimum atomic E-state index is 0. The summed E-state index contributed by atoms with van der Waals surface area (Å²) in [7, 11) is 2.07. The molecular formula is C28H30ClN3OS3. The molecule has 188 valence electrons. The first kappa shape index (κ1) is 26.7. The maximum absolute atomic E-state index is 13.5. The lowest BCUT2D eigenvalue weighted by Gasteiger charge is -2.13. The average Bonchev–Trinajstić information content (AvgIpc) is 3.54. The van der Waals surface area contributed by atoms with Crippen molar-refractivity contribution in [2.75, 3.05) is 11.9 Å². The number of thioether (sulfide) groups is 1. The molecule has 4 nitrogen and oxygen atoms in total. The summed E-state index contributed by atoms with van der Waals surface area (Å²) in [4.78, 5) is 16.9. The van der Waals surface area contributed by atoms with Gasteiger partial charge in [-0.05, 0) is 30.5 Å². The Morgan fingerprint density at radius 1 is 1.06 bits per heavy atom. The number of fused-ring (bicyclic) bond motifs is 1. The van der Waals surface area contributed by atoms with E-state index < -0.39 is 0 Å². The van der Waals surface area contributed by atoms with Crippen LogP contribution in [0.3, 0.4) is 0 Å². The Hall–Kier alpha value is -2.32. The highest BCUT2D eigenvalue weighted by molar-refractivity contribution is 8.08. The first-order chi connectivity index (χ1) is 16.9. The topological polar surface area (TPSA) is 29.1 Å². The molecule has 2 aromatic heterocycles. The first-order valence-corrected chi connectivity index (χ1v) is 14.4. The van der Waals surface area contributed by atoms with Crippen molar-refractivity contribution in [3.8, 4) is 0 Å². The normalized spacial score (nSPS) is 15.8. The number of benzene rings is 2. The molecule has 5 rings (SSSR count). The van der Waals surface area contributed by atoms with Crippen LogP contribution in [0.4, 0.5) is 5.69 Å². The van der Waals surface area contributed by atoms with Crippen molar-refractivity contribution in [2.24, 2.45) is 0 Å². The van der Waals surface area contributed by atoms with Crippen LogP contribution in [0.15, 0.2) is 69.8 Å². The maximum atomic E-state index is 13.5. The Morgan fingerprint density at radius 3 is 2.50 bits per heavy atom. The van der Waals surface area contributed by atoms with Gasteiger partial charge in [-0.2, -0.15) is 4.57 Å². The van der Waals surface area contributed by atoms with Crippen LogP contribution in [0.25, 0.3) is 11.1 Å². The minimum Gasteiger partial charge on any atom is -1.00 e. The number of rotatable bonds is 5. The summed E-state index contributed by atoms with van der Waals surface area (Å²) >= 11 is 5.01. The molecule has 2 aromatic carbocycles. The fourth-order valence-corrected chi connectivity index (χ4v) is 7.85. The first-order valence-electron chi connectivity index (χ1n) is 11.9. The predicted molar refractivity (Wildman–Crippen MR) is 150 cm³/mol. The smallest absolute Gasteiger partial charge is 0.271 e. The monoisotopic (exact) mass is 555 g/mol. The zero-order valence-electron chi connectivity index (χ0n) is 21.1. The zero-order chi connectivity index (χ0) is 24.7. The number of hydrogen-bond donors (Lipinski definition) is 0. The second-order valence-electron chi connectivity index (χ2n) is 9.05. The van der Waals surface area contributed by atoms with Gasteiger partial charge in [0, 0.05) is 31.0 Å². The molecule has 1 atom stereocenters. The lowest BCUT2D eigenvalue weighted by Crippen LogP contribution is -3.00. The van der Waals surface area contributed by atoms with E-state index in [9.17, 15) is 4.79 Å². The third kappa shape index (κ3) is 4.82. The Labute approximate surface area is 230 Å². The molecule has 1 aliphatic rings. The lowest BCUT2D eigenvalue weighted by atomic mass is 10.0. The summed E-state index contributed by atoms with van der Waals surface area (Å²) in [6.45, 7) is 9.34. The summed E-state index contributed by atoms with van der Waals surface area (Å²) in [6.07, 6.45) is 4.31. The van der Waals surface area contributed by atoms with E-state index in [0.717, 1.165) is 19.2 Å². The Balaban J connectivity index is 0.00000304. The van der Waals surface area contributed by atoms with E-state index in [1.54, 1.807) is 34.4 Å². The summed E-state index contributed by atoms with van der Waals surface area (Å²) in [6, 6.07) is 17.4. The molecule has 0 aliphatic carbocycles. The molecule has 1 aliphatic heterocycles. The molecule has 8 heteroatoms. The molecule has 0 bridgehead atoms. The molecule has 0 saturated carbocycles. The van der Waals surface area contributed by atoms with Crippen LogP contribution in [0, 0.1) is 0 Å². The third-order valence-electron chi connectivity index (χ3n) is 6.56. The van der Waals surface area contributed by atoms with Gasteiger partial charge in [0.2, 0.25) is 0 Å². The average molecular weight is 556 g/mol. The van der Waals surface area contributed by atoms with Gasteiger partial charge < -0.3 is 17.3 Å². The fourth-order valence-electron chi connectivity index (χ4n) is 4.42. The van der Waals surface area contributed by atoms with Crippen molar-refractivity contribution in [1.82, 2.24) is 4.57 Å². The maximum Gasteiger partial charge on any atom is 0.271 e. The Bertz CT molecular complexity index is 1550. The summed E-state index contributed by atoms with van der Waals surface area (Å²) in [5.41, 5.74) is 3.85. The van der Waals surface area contributed by atoms with Gasteiger partial charge in [-0.1, -0.05) is 73.3 Å². The molecule has 0 spiro atoms. The van der Waals surface area contributed by atoms with Crippen LogP contribution < -0.4 is 36.6 Å². The summed E-state index contributed by atoms with van der Waals surface area (Å²) in [5.74, 6) is 0.478. The second kappa shape index (κ2) is 11.0. The Kier molecular flexibility index (Phi) is 8.15. The van der Waals surface area contributed by atoms with E-state index in [-0.39, 0.29) is 24.0 Å². The van der Waals surface area contributed by atoms with Crippen molar-refractivity contribution in [2.45, 2.75) is 51.1 Å². The fraction of sp³-hybridized carbons (Fsp3) is 0.286. The van der Waals surface area contributed by atoms with Crippen molar-refractivity contribution < 1.29 is 17.0 Å². The van der Waals surface area contributed by atoms with Crippen molar-refractivity contribution >= 4 is 51.2 Å². The molecule has 0 amide bonds. The summed E-state index contributed by atoms with van der Waals surface area (Å²) in [5, 5.41) is 4.28. The van der Waals surface area contributed by atoms with Crippen LogP contribution in [0.5, 0.6) is 0 Å². The highest BCUT2D eigenvalue weighted by Gasteiger charge is 2.26. The molecule has 0 radical (unpaired) electrons. The van der Waals surface area contributed by atoms with E-state index in [2.05, 4.69) is 97.4 Å². The number of nitrogens with zero attached hydrogens (tertiary/aromatic N) is 3. The zero-order valence-corrected chi connectivity index (χ0v) is 24.3. The lowest BCUT2D eigenvalue weighted by molar-refractivity contribution is -0.707. The van der Waals surface area contributed by atoms with Crippen LogP contribution in [0.2, 0.25) is 0 Å². The quantitative estimate of drug-likeness (QED) is 0.353. The van der Waals surface area contributed by atoms with E-state index in [1.807, 2.05) is 17.6 Å². The van der Waals surface area contributed by atoms with E-state index >= 15 is 0 Å². The van der Waals surface area contributed by atoms with Crippen LogP contribution in [-0.2, 0) is 6.54 Å². The number of thiazole rings is 2.